The second-order valence-corrected chi connectivity index (χ2v) is 7.63. The molecular formula is C20H18N4O2S2. The molecule has 28 heavy (non-hydrogen) atoms. The lowest BCUT2D eigenvalue weighted by Gasteiger charge is -2.04. The first-order valence-corrected chi connectivity index (χ1v) is 10.4. The van der Waals surface area contributed by atoms with Crippen molar-refractivity contribution < 1.29 is 9.47 Å². The molecule has 0 radical (unpaired) electrons. The molecule has 0 atom stereocenters. The lowest BCUT2D eigenvalue weighted by atomic mass is 10.2. The fourth-order valence-electron chi connectivity index (χ4n) is 2.65. The van der Waals surface area contributed by atoms with Gasteiger partial charge in [-0.1, -0.05) is 23.9 Å². The number of methoxy groups -OCH3 is 2. The van der Waals surface area contributed by atoms with Crippen LogP contribution >= 0.6 is 23.1 Å². The SMILES string of the molecule is COc1ccc(-c2nc(SCc3csc(-c4ccccc4OC)n3)n[nH]2)cc1. The van der Waals surface area contributed by atoms with E-state index >= 15 is 0 Å². The van der Waals surface area contributed by atoms with Gasteiger partial charge in [0.25, 0.3) is 0 Å². The van der Waals surface area contributed by atoms with Crippen LogP contribution in [0.1, 0.15) is 5.69 Å². The van der Waals surface area contributed by atoms with Crippen LogP contribution in [0.4, 0.5) is 0 Å². The summed E-state index contributed by atoms with van der Waals surface area (Å²) < 4.78 is 10.6. The summed E-state index contributed by atoms with van der Waals surface area (Å²) in [5.41, 5.74) is 2.96. The summed E-state index contributed by atoms with van der Waals surface area (Å²) in [4.78, 5) is 9.28. The molecule has 0 unspecified atom stereocenters. The molecule has 2 heterocycles. The van der Waals surface area contributed by atoms with Crippen molar-refractivity contribution in [2.45, 2.75) is 10.9 Å². The molecule has 1 N–H and O–H groups in total. The van der Waals surface area contributed by atoms with Gasteiger partial charge in [0.1, 0.15) is 16.5 Å². The van der Waals surface area contributed by atoms with Gasteiger partial charge in [-0.05, 0) is 36.4 Å². The molecule has 8 heteroatoms. The minimum absolute atomic E-state index is 0.692. The zero-order valence-electron chi connectivity index (χ0n) is 15.4. The lowest BCUT2D eigenvalue weighted by Crippen LogP contribution is -1.88. The van der Waals surface area contributed by atoms with E-state index in [1.807, 2.05) is 48.5 Å². The monoisotopic (exact) mass is 410 g/mol. The Kier molecular flexibility index (Phi) is 5.59. The van der Waals surface area contributed by atoms with E-state index in [0.717, 1.165) is 39.2 Å². The Morgan fingerprint density at radius 2 is 1.82 bits per heavy atom. The Morgan fingerprint density at radius 3 is 2.61 bits per heavy atom. The molecule has 2 aromatic heterocycles. The number of hydrogen-bond donors (Lipinski definition) is 1. The average Bonchev–Trinajstić information content (AvgIpc) is 3.42. The second kappa shape index (κ2) is 8.45. The number of aromatic nitrogens is 4. The number of nitrogens with zero attached hydrogens (tertiary/aromatic N) is 3. The van der Waals surface area contributed by atoms with Crippen molar-refractivity contribution in [2.24, 2.45) is 0 Å². The Hall–Kier alpha value is -2.84. The number of thiazole rings is 1. The Morgan fingerprint density at radius 1 is 1.00 bits per heavy atom. The number of rotatable bonds is 7. The summed E-state index contributed by atoms with van der Waals surface area (Å²) in [6.45, 7) is 0. The van der Waals surface area contributed by atoms with Crippen molar-refractivity contribution in [2.75, 3.05) is 14.2 Å². The van der Waals surface area contributed by atoms with Crippen LogP contribution < -0.4 is 9.47 Å². The molecule has 2 aromatic carbocycles. The number of thioether (sulfide) groups is 1. The third kappa shape index (κ3) is 4.02. The number of ether oxygens (including phenoxy) is 2. The fraction of sp³-hybridized carbons (Fsp3) is 0.150. The number of aromatic amines is 1. The van der Waals surface area contributed by atoms with E-state index in [9.17, 15) is 0 Å². The summed E-state index contributed by atoms with van der Waals surface area (Å²) in [6, 6.07) is 15.6. The van der Waals surface area contributed by atoms with E-state index in [-0.39, 0.29) is 0 Å². The summed E-state index contributed by atoms with van der Waals surface area (Å²) in [5.74, 6) is 3.07. The predicted octanol–water partition coefficient (Wildman–Crippen LogP) is 4.90. The number of nitrogens with one attached hydrogen (secondary N) is 1. The topological polar surface area (TPSA) is 72.9 Å². The molecule has 0 aliphatic carbocycles. The Bertz CT molecular complexity index is 1060. The van der Waals surface area contributed by atoms with Gasteiger partial charge < -0.3 is 9.47 Å². The van der Waals surface area contributed by atoms with Crippen molar-refractivity contribution in [3.63, 3.8) is 0 Å². The zero-order chi connectivity index (χ0) is 19.3. The molecule has 0 aliphatic heterocycles. The minimum atomic E-state index is 0.692. The summed E-state index contributed by atoms with van der Waals surface area (Å²) in [5, 5.41) is 11.0. The van der Waals surface area contributed by atoms with Gasteiger partial charge in [0.2, 0.25) is 5.16 Å². The minimum Gasteiger partial charge on any atom is -0.497 e. The molecule has 0 saturated heterocycles. The average molecular weight is 411 g/mol. The lowest BCUT2D eigenvalue weighted by molar-refractivity contribution is 0.415. The molecule has 0 aliphatic rings. The Balaban J connectivity index is 1.43. The van der Waals surface area contributed by atoms with Crippen LogP contribution in [0.2, 0.25) is 0 Å². The number of benzene rings is 2. The molecule has 4 rings (SSSR count). The highest BCUT2D eigenvalue weighted by atomic mass is 32.2. The fourth-order valence-corrected chi connectivity index (χ4v) is 4.29. The highest BCUT2D eigenvalue weighted by Gasteiger charge is 2.11. The van der Waals surface area contributed by atoms with E-state index in [0.29, 0.717) is 10.9 Å². The van der Waals surface area contributed by atoms with Crippen LogP contribution in [0.25, 0.3) is 22.0 Å². The quantitative estimate of drug-likeness (QED) is 0.437. The van der Waals surface area contributed by atoms with Crippen molar-refractivity contribution in [3.05, 3.63) is 59.6 Å². The molecular weight excluding hydrogens is 392 g/mol. The third-order valence-corrected chi connectivity index (χ3v) is 5.87. The van der Waals surface area contributed by atoms with Crippen LogP contribution in [0.5, 0.6) is 11.5 Å². The maximum Gasteiger partial charge on any atom is 0.209 e. The number of H-pyrrole nitrogens is 1. The van der Waals surface area contributed by atoms with Crippen LogP contribution in [0.3, 0.4) is 0 Å². The van der Waals surface area contributed by atoms with Gasteiger partial charge in [-0.15, -0.1) is 16.4 Å². The number of para-hydroxylation sites is 1. The molecule has 142 valence electrons. The van der Waals surface area contributed by atoms with Gasteiger partial charge in [-0.25, -0.2) is 9.97 Å². The number of hydrogen-bond acceptors (Lipinski definition) is 7. The summed E-state index contributed by atoms with van der Waals surface area (Å²) in [7, 11) is 3.32. The maximum atomic E-state index is 5.43. The first-order chi connectivity index (χ1) is 13.8. The van der Waals surface area contributed by atoms with Crippen molar-refractivity contribution in [3.8, 4) is 33.5 Å². The second-order valence-electron chi connectivity index (χ2n) is 5.83. The van der Waals surface area contributed by atoms with Gasteiger partial charge in [-0.3, -0.25) is 5.10 Å². The highest BCUT2D eigenvalue weighted by Crippen LogP contribution is 2.33. The van der Waals surface area contributed by atoms with Crippen molar-refractivity contribution in [1.29, 1.82) is 0 Å². The zero-order valence-corrected chi connectivity index (χ0v) is 17.0. The molecule has 0 fully saturated rings. The maximum absolute atomic E-state index is 5.43. The van der Waals surface area contributed by atoms with Gasteiger partial charge in [0, 0.05) is 16.7 Å². The van der Waals surface area contributed by atoms with E-state index < -0.39 is 0 Å². The van der Waals surface area contributed by atoms with Gasteiger partial charge >= 0.3 is 0 Å². The van der Waals surface area contributed by atoms with Gasteiger partial charge in [0.05, 0.1) is 25.5 Å². The van der Waals surface area contributed by atoms with E-state index in [2.05, 4.69) is 20.6 Å². The largest absolute Gasteiger partial charge is 0.497 e. The van der Waals surface area contributed by atoms with Crippen LogP contribution in [0, 0.1) is 0 Å². The molecule has 0 spiro atoms. The molecule has 6 nitrogen and oxygen atoms in total. The first-order valence-electron chi connectivity index (χ1n) is 8.54. The van der Waals surface area contributed by atoms with Crippen LogP contribution in [-0.2, 0) is 5.75 Å². The van der Waals surface area contributed by atoms with Crippen molar-refractivity contribution in [1.82, 2.24) is 20.2 Å². The standard InChI is InChI=1S/C20H18N4O2S2/c1-25-15-9-7-13(8-10-15)18-22-20(24-23-18)28-12-14-11-27-19(21-14)16-5-3-4-6-17(16)26-2/h3-11H,12H2,1-2H3,(H,22,23,24). The predicted molar refractivity (Wildman–Crippen MR) is 112 cm³/mol. The smallest absolute Gasteiger partial charge is 0.209 e. The molecule has 4 aromatic rings. The molecule has 0 saturated carbocycles. The van der Waals surface area contributed by atoms with Gasteiger partial charge in [0.15, 0.2) is 5.82 Å². The molecule has 0 bridgehead atoms. The van der Waals surface area contributed by atoms with E-state index in [1.165, 1.54) is 0 Å². The van der Waals surface area contributed by atoms with Crippen LogP contribution in [0.15, 0.2) is 59.1 Å². The van der Waals surface area contributed by atoms with E-state index in [4.69, 9.17) is 14.5 Å². The summed E-state index contributed by atoms with van der Waals surface area (Å²) >= 11 is 3.16. The Labute approximate surface area is 171 Å². The first kappa shape index (κ1) is 18.5. The van der Waals surface area contributed by atoms with Crippen LogP contribution in [-0.4, -0.2) is 34.4 Å². The third-order valence-electron chi connectivity index (χ3n) is 4.07. The van der Waals surface area contributed by atoms with Crippen molar-refractivity contribution >= 4 is 23.1 Å². The molecule has 0 amide bonds. The summed E-state index contributed by atoms with van der Waals surface area (Å²) in [6.07, 6.45) is 0. The van der Waals surface area contributed by atoms with Gasteiger partial charge in [-0.2, -0.15) is 0 Å². The normalized spacial score (nSPS) is 10.8. The highest BCUT2D eigenvalue weighted by molar-refractivity contribution is 7.98. The van der Waals surface area contributed by atoms with E-state index in [1.54, 1.807) is 37.3 Å².